The van der Waals surface area contributed by atoms with Crippen molar-refractivity contribution >= 4 is 5.96 Å². The molecule has 136 valence electrons. The Hall–Kier alpha value is -2.34. The highest BCUT2D eigenvalue weighted by atomic mass is 16.5. The minimum absolute atomic E-state index is 0.680. The van der Waals surface area contributed by atoms with Crippen LogP contribution < -0.4 is 10.6 Å². The standard InChI is InChI=1S/C19H29N5O/c1-3-4-12-25-13-8-11-21-19(20-2)22-14-17-15-23-24(16-17)18-9-6-5-7-10-18/h5-7,9-10,15-16H,3-4,8,11-14H2,1-2H3,(H2,20,21,22). The maximum Gasteiger partial charge on any atom is 0.191 e. The third-order valence-electron chi connectivity index (χ3n) is 3.74. The first-order valence-electron chi connectivity index (χ1n) is 8.94. The zero-order valence-electron chi connectivity index (χ0n) is 15.2. The Morgan fingerprint density at radius 3 is 2.72 bits per heavy atom. The molecule has 0 amide bonds. The van der Waals surface area contributed by atoms with E-state index in [-0.39, 0.29) is 0 Å². The van der Waals surface area contributed by atoms with Crippen molar-refractivity contribution in [2.45, 2.75) is 32.7 Å². The van der Waals surface area contributed by atoms with Crippen molar-refractivity contribution in [2.75, 3.05) is 26.8 Å². The van der Waals surface area contributed by atoms with E-state index in [2.05, 4.69) is 27.6 Å². The Bertz CT molecular complexity index is 624. The van der Waals surface area contributed by atoms with Crippen LogP contribution >= 0.6 is 0 Å². The molecule has 6 heteroatoms. The summed E-state index contributed by atoms with van der Waals surface area (Å²) in [5, 5.41) is 11.0. The first-order chi connectivity index (χ1) is 12.3. The first-order valence-corrected chi connectivity index (χ1v) is 8.94. The van der Waals surface area contributed by atoms with Gasteiger partial charge in [0, 0.05) is 45.1 Å². The number of ether oxygens (including phenoxy) is 1. The number of aliphatic imine (C=N–C) groups is 1. The van der Waals surface area contributed by atoms with E-state index in [1.54, 1.807) is 7.05 Å². The van der Waals surface area contributed by atoms with E-state index in [1.165, 1.54) is 6.42 Å². The van der Waals surface area contributed by atoms with Gasteiger partial charge in [0.2, 0.25) is 0 Å². The molecule has 0 aliphatic rings. The smallest absolute Gasteiger partial charge is 0.191 e. The second-order valence-corrected chi connectivity index (χ2v) is 5.80. The lowest BCUT2D eigenvalue weighted by Crippen LogP contribution is -2.37. The van der Waals surface area contributed by atoms with E-state index in [4.69, 9.17) is 4.74 Å². The van der Waals surface area contributed by atoms with Gasteiger partial charge >= 0.3 is 0 Å². The molecule has 0 aliphatic carbocycles. The fraction of sp³-hybridized carbons (Fsp3) is 0.474. The Morgan fingerprint density at radius 1 is 1.16 bits per heavy atom. The molecule has 1 aromatic carbocycles. The number of para-hydroxylation sites is 1. The predicted octanol–water partition coefficient (Wildman–Crippen LogP) is 2.74. The molecule has 0 fully saturated rings. The minimum atomic E-state index is 0.680. The molecular weight excluding hydrogens is 314 g/mol. The molecule has 2 aromatic rings. The monoisotopic (exact) mass is 343 g/mol. The van der Waals surface area contributed by atoms with Crippen molar-refractivity contribution in [3.8, 4) is 5.69 Å². The molecule has 6 nitrogen and oxygen atoms in total. The van der Waals surface area contributed by atoms with Crippen LogP contribution in [0.3, 0.4) is 0 Å². The van der Waals surface area contributed by atoms with Gasteiger partial charge in [-0.2, -0.15) is 5.10 Å². The van der Waals surface area contributed by atoms with Crippen LogP contribution in [0.4, 0.5) is 0 Å². The van der Waals surface area contributed by atoms with Crippen LogP contribution in [-0.2, 0) is 11.3 Å². The number of aromatic nitrogens is 2. The van der Waals surface area contributed by atoms with E-state index in [0.29, 0.717) is 6.54 Å². The Morgan fingerprint density at radius 2 is 1.96 bits per heavy atom. The van der Waals surface area contributed by atoms with Crippen LogP contribution in [0.25, 0.3) is 5.69 Å². The maximum atomic E-state index is 5.55. The average molecular weight is 343 g/mol. The summed E-state index contributed by atoms with van der Waals surface area (Å²) in [6.45, 7) is 5.33. The summed E-state index contributed by atoms with van der Waals surface area (Å²) < 4.78 is 7.43. The normalized spacial score (nSPS) is 11.5. The van der Waals surface area contributed by atoms with Gasteiger partial charge in [-0.1, -0.05) is 31.5 Å². The van der Waals surface area contributed by atoms with Crippen LogP contribution in [0.2, 0.25) is 0 Å². The minimum Gasteiger partial charge on any atom is -0.381 e. The first kappa shape index (κ1) is 19.0. The molecule has 0 saturated carbocycles. The van der Waals surface area contributed by atoms with E-state index in [9.17, 15) is 0 Å². The van der Waals surface area contributed by atoms with Crippen LogP contribution in [0.1, 0.15) is 31.7 Å². The Labute approximate surface area is 150 Å². The van der Waals surface area contributed by atoms with Crippen molar-refractivity contribution < 1.29 is 4.74 Å². The van der Waals surface area contributed by atoms with E-state index in [1.807, 2.05) is 47.4 Å². The van der Waals surface area contributed by atoms with Crippen molar-refractivity contribution in [1.29, 1.82) is 0 Å². The second kappa shape index (κ2) is 11.3. The van der Waals surface area contributed by atoms with Gasteiger partial charge in [0.15, 0.2) is 5.96 Å². The van der Waals surface area contributed by atoms with E-state index < -0.39 is 0 Å². The number of hydrogen-bond donors (Lipinski definition) is 2. The van der Waals surface area contributed by atoms with E-state index in [0.717, 1.165) is 49.8 Å². The SMILES string of the molecule is CCCCOCCCNC(=NC)NCc1cnn(-c2ccccc2)c1. The van der Waals surface area contributed by atoms with E-state index >= 15 is 0 Å². The second-order valence-electron chi connectivity index (χ2n) is 5.80. The predicted molar refractivity (Wildman–Crippen MR) is 102 cm³/mol. The molecule has 0 bridgehead atoms. The highest BCUT2D eigenvalue weighted by Gasteiger charge is 2.02. The van der Waals surface area contributed by atoms with Gasteiger partial charge in [-0.05, 0) is 25.0 Å². The summed E-state index contributed by atoms with van der Waals surface area (Å²) in [6.07, 6.45) is 7.17. The molecule has 25 heavy (non-hydrogen) atoms. The number of guanidine groups is 1. The lowest BCUT2D eigenvalue weighted by atomic mass is 10.3. The molecular formula is C19H29N5O. The largest absolute Gasteiger partial charge is 0.381 e. The zero-order valence-corrected chi connectivity index (χ0v) is 15.2. The molecule has 0 radical (unpaired) electrons. The molecule has 1 heterocycles. The number of benzene rings is 1. The topological polar surface area (TPSA) is 63.5 Å². The molecule has 0 aliphatic heterocycles. The van der Waals surface area contributed by atoms with Gasteiger partial charge in [-0.15, -0.1) is 0 Å². The Kier molecular flexibility index (Phi) is 8.55. The van der Waals surface area contributed by atoms with Crippen LogP contribution in [0.15, 0.2) is 47.7 Å². The summed E-state index contributed by atoms with van der Waals surface area (Å²) in [4.78, 5) is 4.24. The summed E-state index contributed by atoms with van der Waals surface area (Å²) in [6, 6.07) is 10.1. The van der Waals surface area contributed by atoms with Crippen molar-refractivity contribution in [3.63, 3.8) is 0 Å². The van der Waals surface area contributed by atoms with Gasteiger partial charge in [-0.3, -0.25) is 4.99 Å². The molecule has 0 spiro atoms. The number of rotatable bonds is 10. The molecule has 0 atom stereocenters. The third-order valence-corrected chi connectivity index (χ3v) is 3.74. The zero-order chi connectivity index (χ0) is 17.7. The van der Waals surface area contributed by atoms with Gasteiger partial charge in [0.25, 0.3) is 0 Å². The maximum absolute atomic E-state index is 5.55. The average Bonchev–Trinajstić information content (AvgIpc) is 3.13. The quantitative estimate of drug-likeness (QED) is 0.396. The van der Waals surface area contributed by atoms with Gasteiger partial charge < -0.3 is 15.4 Å². The summed E-state index contributed by atoms with van der Waals surface area (Å²) in [5.74, 6) is 0.793. The fourth-order valence-electron chi connectivity index (χ4n) is 2.31. The van der Waals surface area contributed by atoms with Crippen molar-refractivity contribution in [3.05, 3.63) is 48.3 Å². The fourth-order valence-corrected chi connectivity index (χ4v) is 2.31. The molecule has 1 aromatic heterocycles. The lowest BCUT2D eigenvalue weighted by Gasteiger charge is -2.11. The van der Waals surface area contributed by atoms with Crippen LogP contribution in [0, 0.1) is 0 Å². The molecule has 0 saturated heterocycles. The molecule has 2 rings (SSSR count). The van der Waals surface area contributed by atoms with Gasteiger partial charge in [0.1, 0.15) is 0 Å². The summed E-state index contributed by atoms with van der Waals surface area (Å²) >= 11 is 0. The summed E-state index contributed by atoms with van der Waals surface area (Å²) in [7, 11) is 1.78. The molecule has 0 unspecified atom stereocenters. The van der Waals surface area contributed by atoms with Crippen LogP contribution in [-0.4, -0.2) is 42.5 Å². The number of unbranched alkanes of at least 4 members (excludes halogenated alkanes) is 1. The number of nitrogens with zero attached hydrogens (tertiary/aromatic N) is 3. The highest BCUT2D eigenvalue weighted by molar-refractivity contribution is 5.79. The lowest BCUT2D eigenvalue weighted by molar-refractivity contribution is 0.129. The third kappa shape index (κ3) is 6.97. The van der Waals surface area contributed by atoms with Crippen molar-refractivity contribution in [1.82, 2.24) is 20.4 Å². The van der Waals surface area contributed by atoms with Gasteiger partial charge in [0.05, 0.1) is 11.9 Å². The van der Waals surface area contributed by atoms with Crippen molar-refractivity contribution in [2.24, 2.45) is 4.99 Å². The number of nitrogens with one attached hydrogen (secondary N) is 2. The number of hydrogen-bond acceptors (Lipinski definition) is 3. The molecule has 2 N–H and O–H groups in total. The highest BCUT2D eigenvalue weighted by Crippen LogP contribution is 2.07. The van der Waals surface area contributed by atoms with Gasteiger partial charge in [-0.25, -0.2) is 4.68 Å². The Balaban J connectivity index is 1.68. The summed E-state index contributed by atoms with van der Waals surface area (Å²) in [5.41, 5.74) is 2.16. The van der Waals surface area contributed by atoms with Crippen LogP contribution in [0.5, 0.6) is 0 Å².